The maximum atomic E-state index is 12.9. The van der Waals surface area contributed by atoms with E-state index in [1.165, 1.54) is 0 Å². The first-order chi connectivity index (χ1) is 12.5. The molecular weight excluding hydrogens is 348 g/mol. The molecule has 1 amide bonds. The molecular formula is C20H28N2O3S. The molecule has 0 aliphatic heterocycles. The van der Waals surface area contributed by atoms with E-state index in [1.54, 1.807) is 11.3 Å². The van der Waals surface area contributed by atoms with Crippen LogP contribution >= 0.6 is 11.3 Å². The van der Waals surface area contributed by atoms with Crippen LogP contribution in [0.5, 0.6) is 0 Å². The molecule has 1 atom stereocenters. The number of thiophene rings is 1. The molecule has 0 aromatic carbocycles. The molecule has 0 bridgehead atoms. The van der Waals surface area contributed by atoms with Crippen LogP contribution < -0.4 is 5.32 Å². The fraction of sp³-hybridized carbons (Fsp3) is 0.550. The zero-order valence-corrected chi connectivity index (χ0v) is 16.5. The van der Waals surface area contributed by atoms with Crippen molar-refractivity contribution in [3.05, 3.63) is 45.5 Å². The highest BCUT2D eigenvalue weighted by molar-refractivity contribution is 7.10. The molecule has 0 saturated heterocycles. The molecule has 1 aliphatic rings. The summed E-state index contributed by atoms with van der Waals surface area (Å²) >= 11 is 1.64. The maximum Gasteiger partial charge on any atom is 0.255 e. The molecule has 1 fully saturated rings. The van der Waals surface area contributed by atoms with E-state index >= 15 is 0 Å². The third-order valence-electron chi connectivity index (χ3n) is 5.24. The monoisotopic (exact) mass is 376 g/mol. The van der Waals surface area contributed by atoms with Crippen molar-refractivity contribution >= 4 is 17.2 Å². The lowest BCUT2D eigenvalue weighted by Crippen LogP contribution is -2.41. The molecule has 0 unspecified atom stereocenters. The first kappa shape index (κ1) is 19.1. The average Bonchev–Trinajstić information content (AvgIpc) is 3.24. The highest BCUT2D eigenvalue weighted by Gasteiger charge is 2.36. The lowest BCUT2D eigenvalue weighted by atomic mass is 9.76. The lowest BCUT2D eigenvalue weighted by Gasteiger charge is -2.37. The molecule has 5 nitrogen and oxygen atoms in total. The number of carbonyl (C=O) groups excluding carboxylic acids is 1. The summed E-state index contributed by atoms with van der Waals surface area (Å²) in [5, 5.41) is 14.9. The van der Waals surface area contributed by atoms with E-state index < -0.39 is 0 Å². The van der Waals surface area contributed by atoms with E-state index in [9.17, 15) is 9.90 Å². The largest absolute Gasteiger partial charge is 0.464 e. The summed E-state index contributed by atoms with van der Waals surface area (Å²) in [6.45, 7) is 8.68. The number of amides is 1. The van der Waals surface area contributed by atoms with Crippen LogP contribution in [-0.4, -0.2) is 35.1 Å². The fourth-order valence-corrected chi connectivity index (χ4v) is 4.39. The number of furan rings is 1. The summed E-state index contributed by atoms with van der Waals surface area (Å²) in [6.07, 6.45) is 1.23. The van der Waals surface area contributed by atoms with Gasteiger partial charge in [-0.3, -0.25) is 9.69 Å². The Morgan fingerprint density at radius 2 is 2.15 bits per heavy atom. The van der Waals surface area contributed by atoms with Gasteiger partial charge in [0.25, 0.3) is 5.91 Å². The van der Waals surface area contributed by atoms with E-state index in [-0.39, 0.29) is 24.0 Å². The highest BCUT2D eigenvalue weighted by Crippen LogP contribution is 2.39. The average molecular weight is 377 g/mol. The molecule has 0 spiro atoms. The molecule has 6 heteroatoms. The topological polar surface area (TPSA) is 65.7 Å². The van der Waals surface area contributed by atoms with Crippen LogP contribution in [0.25, 0.3) is 0 Å². The number of nitrogens with zero attached hydrogens (tertiary/aromatic N) is 1. The summed E-state index contributed by atoms with van der Waals surface area (Å²) in [4.78, 5) is 16.3. The van der Waals surface area contributed by atoms with Gasteiger partial charge in [-0.1, -0.05) is 19.9 Å². The van der Waals surface area contributed by atoms with E-state index in [2.05, 4.69) is 24.1 Å². The summed E-state index contributed by atoms with van der Waals surface area (Å²) in [5.41, 5.74) is 0.605. The van der Waals surface area contributed by atoms with Gasteiger partial charge in [0.05, 0.1) is 24.3 Å². The minimum atomic E-state index is -0.240. The van der Waals surface area contributed by atoms with Gasteiger partial charge in [-0.2, -0.15) is 0 Å². The van der Waals surface area contributed by atoms with Crippen LogP contribution in [0.2, 0.25) is 0 Å². The molecule has 1 aliphatic carbocycles. The second kappa shape index (κ2) is 8.37. The van der Waals surface area contributed by atoms with Crippen LogP contribution in [0.1, 0.15) is 59.5 Å². The second-order valence-electron chi connectivity index (χ2n) is 7.00. The summed E-state index contributed by atoms with van der Waals surface area (Å²) < 4.78 is 5.82. The zero-order chi connectivity index (χ0) is 18.7. The molecule has 142 valence electrons. The first-order valence-electron chi connectivity index (χ1n) is 9.35. The Bertz CT molecular complexity index is 716. The predicted molar refractivity (Wildman–Crippen MR) is 103 cm³/mol. The summed E-state index contributed by atoms with van der Waals surface area (Å²) in [7, 11) is 0. The fourth-order valence-electron chi connectivity index (χ4n) is 3.53. The molecule has 2 heterocycles. The van der Waals surface area contributed by atoms with Gasteiger partial charge < -0.3 is 14.8 Å². The van der Waals surface area contributed by atoms with Crippen LogP contribution in [0.4, 0.5) is 0 Å². The smallest absolute Gasteiger partial charge is 0.255 e. The van der Waals surface area contributed by atoms with Gasteiger partial charge in [0, 0.05) is 4.88 Å². The Morgan fingerprint density at radius 3 is 2.73 bits per heavy atom. The lowest BCUT2D eigenvalue weighted by molar-refractivity contribution is 0.0241. The van der Waals surface area contributed by atoms with Crippen molar-refractivity contribution < 1.29 is 14.3 Å². The molecule has 2 aromatic heterocycles. The molecule has 1 saturated carbocycles. The molecule has 26 heavy (non-hydrogen) atoms. The van der Waals surface area contributed by atoms with E-state index in [0.29, 0.717) is 17.9 Å². The van der Waals surface area contributed by atoms with Crippen molar-refractivity contribution in [3.8, 4) is 0 Å². The quantitative estimate of drug-likeness (QED) is 0.737. The maximum absolute atomic E-state index is 12.9. The standard InChI is InChI=1S/C20H28N2O3S/c1-4-22(5-2)12-16-11-17(13(3)25-16)20(24)21-19(14-9-15(23)10-14)18-7-6-8-26-18/h6-8,11,14-15,19,23H,4-5,9-10,12H2,1-3H3,(H,21,24)/t14?,15?,19-/m0/s1. The van der Waals surface area contributed by atoms with E-state index in [4.69, 9.17) is 4.42 Å². The van der Waals surface area contributed by atoms with Crippen molar-refractivity contribution in [2.45, 2.75) is 52.3 Å². The third-order valence-corrected chi connectivity index (χ3v) is 6.20. The molecule has 2 aromatic rings. The van der Waals surface area contributed by atoms with Gasteiger partial charge in [0.2, 0.25) is 0 Å². The molecule has 3 rings (SSSR count). The van der Waals surface area contributed by atoms with Crippen LogP contribution in [0.3, 0.4) is 0 Å². The minimum Gasteiger partial charge on any atom is -0.464 e. The predicted octanol–water partition coefficient (Wildman–Crippen LogP) is 3.73. The van der Waals surface area contributed by atoms with Crippen molar-refractivity contribution in [1.82, 2.24) is 10.2 Å². The Hall–Kier alpha value is -1.63. The van der Waals surface area contributed by atoms with Gasteiger partial charge in [-0.05, 0) is 56.3 Å². The van der Waals surface area contributed by atoms with Gasteiger partial charge in [-0.15, -0.1) is 11.3 Å². The van der Waals surface area contributed by atoms with Gasteiger partial charge in [-0.25, -0.2) is 0 Å². The number of hydrogen-bond donors (Lipinski definition) is 2. The van der Waals surface area contributed by atoms with Crippen LogP contribution in [0.15, 0.2) is 28.0 Å². The highest BCUT2D eigenvalue weighted by atomic mass is 32.1. The number of rotatable bonds is 8. The SMILES string of the molecule is CCN(CC)Cc1cc(C(=O)N[C@H](c2cccs2)C2CC(O)C2)c(C)o1. The normalized spacial score (nSPS) is 20.8. The summed E-state index contributed by atoms with van der Waals surface area (Å²) in [6, 6.07) is 5.87. The van der Waals surface area contributed by atoms with Gasteiger partial charge >= 0.3 is 0 Å². The number of carbonyl (C=O) groups is 1. The number of aliphatic hydroxyl groups is 1. The van der Waals surface area contributed by atoms with E-state index in [1.807, 2.05) is 30.5 Å². The minimum absolute atomic E-state index is 0.0496. The van der Waals surface area contributed by atoms with Crippen molar-refractivity contribution in [2.75, 3.05) is 13.1 Å². The Morgan fingerprint density at radius 1 is 1.42 bits per heavy atom. The summed E-state index contributed by atoms with van der Waals surface area (Å²) in [5.74, 6) is 1.66. The van der Waals surface area contributed by atoms with Crippen molar-refractivity contribution in [3.63, 3.8) is 0 Å². The number of aliphatic hydroxyl groups excluding tert-OH is 1. The zero-order valence-electron chi connectivity index (χ0n) is 15.7. The van der Waals surface area contributed by atoms with Gasteiger partial charge in [0.1, 0.15) is 11.5 Å². The Labute approximate surface area is 159 Å². The van der Waals surface area contributed by atoms with Crippen LogP contribution in [0, 0.1) is 12.8 Å². The molecule has 0 radical (unpaired) electrons. The van der Waals surface area contributed by atoms with E-state index in [0.717, 1.165) is 36.6 Å². The van der Waals surface area contributed by atoms with Crippen molar-refractivity contribution in [1.29, 1.82) is 0 Å². The second-order valence-corrected chi connectivity index (χ2v) is 7.98. The number of aryl methyl sites for hydroxylation is 1. The van der Waals surface area contributed by atoms with Crippen molar-refractivity contribution in [2.24, 2.45) is 5.92 Å². The number of hydrogen-bond acceptors (Lipinski definition) is 5. The third kappa shape index (κ3) is 4.19. The number of nitrogens with one attached hydrogen (secondary N) is 1. The molecule has 2 N–H and O–H groups in total. The first-order valence-corrected chi connectivity index (χ1v) is 10.2. The van der Waals surface area contributed by atoms with Crippen LogP contribution in [-0.2, 0) is 6.54 Å². The Kier molecular flexibility index (Phi) is 6.16. The van der Waals surface area contributed by atoms with Gasteiger partial charge in [0.15, 0.2) is 0 Å². The Balaban J connectivity index is 1.72.